The molecule has 1 saturated carbocycles. The number of hydrogen-bond acceptors (Lipinski definition) is 4. The van der Waals surface area contributed by atoms with Gasteiger partial charge in [0.25, 0.3) is 0 Å². The van der Waals surface area contributed by atoms with E-state index in [1.165, 1.54) is 28.2 Å². The Hall–Kier alpha value is -1.92. The molecule has 5 nitrogen and oxygen atoms in total. The molecule has 0 aliphatic heterocycles. The highest BCUT2D eigenvalue weighted by atomic mass is 32.1. The fraction of sp³-hybridized carbons (Fsp3) is 0.375. The Morgan fingerprint density at radius 1 is 1.32 bits per heavy atom. The number of hydrogen-bond donors (Lipinski definition) is 1. The molecule has 114 valence electrons. The van der Waals surface area contributed by atoms with Gasteiger partial charge in [0, 0.05) is 49.0 Å². The van der Waals surface area contributed by atoms with Crippen molar-refractivity contribution >= 4 is 11.3 Å². The minimum atomic E-state index is 0.734. The third-order valence-corrected chi connectivity index (χ3v) is 5.10. The summed E-state index contributed by atoms with van der Waals surface area (Å²) >= 11 is 1.85. The van der Waals surface area contributed by atoms with Gasteiger partial charge in [-0.3, -0.25) is 14.7 Å². The zero-order chi connectivity index (χ0) is 14.9. The van der Waals surface area contributed by atoms with Crippen LogP contribution in [0.15, 0.2) is 36.8 Å². The van der Waals surface area contributed by atoms with Gasteiger partial charge >= 0.3 is 0 Å². The van der Waals surface area contributed by atoms with Gasteiger partial charge in [-0.1, -0.05) is 0 Å². The van der Waals surface area contributed by atoms with E-state index in [0.29, 0.717) is 0 Å². The molecule has 0 amide bonds. The van der Waals surface area contributed by atoms with Crippen molar-refractivity contribution < 1.29 is 0 Å². The molecule has 1 N–H and O–H groups in total. The fourth-order valence-electron chi connectivity index (χ4n) is 2.74. The SMILES string of the molecule is Cn1cc(CN(Cc2ccc(-c3ccn[nH]3)s2)C2CC2)cn1. The molecule has 22 heavy (non-hydrogen) atoms. The van der Waals surface area contributed by atoms with Crippen LogP contribution in [0.1, 0.15) is 23.3 Å². The van der Waals surface area contributed by atoms with Gasteiger partial charge in [-0.2, -0.15) is 10.2 Å². The molecule has 0 saturated heterocycles. The number of rotatable bonds is 6. The molecular weight excluding hydrogens is 294 g/mol. The lowest BCUT2D eigenvalue weighted by molar-refractivity contribution is 0.248. The second-order valence-corrected chi connectivity index (χ2v) is 7.06. The maximum Gasteiger partial charge on any atom is 0.0749 e. The van der Waals surface area contributed by atoms with Crippen LogP contribution in [0.5, 0.6) is 0 Å². The van der Waals surface area contributed by atoms with Crippen LogP contribution in [-0.4, -0.2) is 30.9 Å². The van der Waals surface area contributed by atoms with E-state index in [-0.39, 0.29) is 0 Å². The number of aromatic amines is 1. The summed E-state index contributed by atoms with van der Waals surface area (Å²) in [4.78, 5) is 5.23. The Kier molecular flexibility index (Phi) is 3.56. The zero-order valence-electron chi connectivity index (χ0n) is 12.6. The van der Waals surface area contributed by atoms with E-state index in [9.17, 15) is 0 Å². The third kappa shape index (κ3) is 2.98. The summed E-state index contributed by atoms with van der Waals surface area (Å²) in [6.45, 7) is 1.99. The second kappa shape index (κ2) is 5.70. The quantitative estimate of drug-likeness (QED) is 0.761. The van der Waals surface area contributed by atoms with E-state index in [4.69, 9.17) is 0 Å². The molecule has 0 spiro atoms. The maximum atomic E-state index is 4.28. The Labute approximate surface area is 133 Å². The monoisotopic (exact) mass is 313 g/mol. The highest BCUT2D eigenvalue weighted by Crippen LogP contribution is 2.33. The van der Waals surface area contributed by atoms with Gasteiger partial charge in [-0.15, -0.1) is 11.3 Å². The first-order valence-corrected chi connectivity index (χ1v) is 8.39. The van der Waals surface area contributed by atoms with Crippen molar-refractivity contribution in [2.75, 3.05) is 0 Å². The number of aryl methyl sites for hydroxylation is 1. The average Bonchev–Trinajstić information content (AvgIpc) is 2.93. The average molecular weight is 313 g/mol. The molecule has 4 rings (SSSR count). The van der Waals surface area contributed by atoms with Gasteiger partial charge in [-0.05, 0) is 31.0 Å². The minimum Gasteiger partial charge on any atom is -0.291 e. The maximum absolute atomic E-state index is 4.28. The van der Waals surface area contributed by atoms with Crippen molar-refractivity contribution in [1.29, 1.82) is 0 Å². The lowest BCUT2D eigenvalue weighted by Gasteiger charge is -2.20. The van der Waals surface area contributed by atoms with E-state index < -0.39 is 0 Å². The number of aromatic nitrogens is 4. The van der Waals surface area contributed by atoms with Crippen molar-refractivity contribution in [3.05, 3.63) is 47.2 Å². The van der Waals surface area contributed by atoms with Gasteiger partial charge in [0.2, 0.25) is 0 Å². The third-order valence-electron chi connectivity index (χ3n) is 3.99. The van der Waals surface area contributed by atoms with E-state index in [2.05, 4.69) is 38.5 Å². The van der Waals surface area contributed by atoms with Crippen LogP contribution in [0.4, 0.5) is 0 Å². The van der Waals surface area contributed by atoms with Crippen LogP contribution in [0, 0.1) is 0 Å². The predicted molar refractivity (Wildman–Crippen MR) is 87.4 cm³/mol. The van der Waals surface area contributed by atoms with Crippen molar-refractivity contribution in [2.24, 2.45) is 7.05 Å². The second-order valence-electron chi connectivity index (χ2n) is 5.89. The summed E-state index contributed by atoms with van der Waals surface area (Å²) in [7, 11) is 1.97. The molecule has 3 aromatic heterocycles. The Balaban J connectivity index is 1.47. The van der Waals surface area contributed by atoms with Gasteiger partial charge < -0.3 is 0 Å². The molecule has 6 heteroatoms. The van der Waals surface area contributed by atoms with E-state index in [0.717, 1.165) is 24.8 Å². The fourth-order valence-corrected chi connectivity index (χ4v) is 3.75. The first-order valence-electron chi connectivity index (χ1n) is 7.58. The van der Waals surface area contributed by atoms with Crippen LogP contribution in [0.2, 0.25) is 0 Å². The van der Waals surface area contributed by atoms with Gasteiger partial charge in [-0.25, -0.2) is 0 Å². The molecule has 0 unspecified atom stereocenters. The predicted octanol–water partition coefficient (Wildman–Crippen LogP) is 3.04. The van der Waals surface area contributed by atoms with Crippen molar-refractivity contribution in [2.45, 2.75) is 32.0 Å². The van der Waals surface area contributed by atoms with Crippen LogP contribution in [-0.2, 0) is 20.1 Å². The summed E-state index contributed by atoms with van der Waals surface area (Å²) in [6.07, 6.45) is 8.52. The highest BCUT2D eigenvalue weighted by molar-refractivity contribution is 7.15. The Morgan fingerprint density at radius 2 is 2.23 bits per heavy atom. The van der Waals surface area contributed by atoms with Gasteiger partial charge in [0.15, 0.2) is 0 Å². The van der Waals surface area contributed by atoms with E-state index in [1.54, 1.807) is 6.20 Å². The van der Waals surface area contributed by atoms with Crippen LogP contribution < -0.4 is 0 Å². The smallest absolute Gasteiger partial charge is 0.0749 e. The van der Waals surface area contributed by atoms with E-state index >= 15 is 0 Å². The summed E-state index contributed by atoms with van der Waals surface area (Å²) in [6, 6.07) is 7.17. The first-order chi connectivity index (χ1) is 10.8. The standard InChI is InChI=1S/C16H19N5S/c1-20-9-12(8-18-20)10-21(13-2-3-13)11-14-4-5-16(22-14)15-6-7-17-19-15/h4-9,13H,2-3,10-11H2,1H3,(H,17,19). The molecule has 0 aromatic carbocycles. The lowest BCUT2D eigenvalue weighted by atomic mass is 10.3. The van der Waals surface area contributed by atoms with Gasteiger partial charge in [0.1, 0.15) is 0 Å². The van der Waals surface area contributed by atoms with Crippen LogP contribution in [0.25, 0.3) is 10.6 Å². The molecule has 3 aromatic rings. The molecule has 0 atom stereocenters. The van der Waals surface area contributed by atoms with Crippen molar-refractivity contribution in [1.82, 2.24) is 24.9 Å². The number of nitrogens with zero attached hydrogens (tertiary/aromatic N) is 4. The molecule has 1 aliphatic rings. The number of nitrogens with one attached hydrogen (secondary N) is 1. The minimum absolute atomic E-state index is 0.734. The van der Waals surface area contributed by atoms with Crippen molar-refractivity contribution in [3.8, 4) is 10.6 Å². The largest absolute Gasteiger partial charge is 0.291 e. The van der Waals surface area contributed by atoms with Gasteiger partial charge in [0.05, 0.1) is 16.8 Å². The summed E-state index contributed by atoms with van der Waals surface area (Å²) < 4.78 is 1.88. The molecule has 1 fully saturated rings. The first kappa shape index (κ1) is 13.7. The zero-order valence-corrected chi connectivity index (χ0v) is 13.4. The normalized spacial score (nSPS) is 14.8. The van der Waals surface area contributed by atoms with Crippen molar-refractivity contribution in [3.63, 3.8) is 0 Å². The summed E-state index contributed by atoms with van der Waals surface area (Å²) in [5, 5.41) is 11.3. The van der Waals surface area contributed by atoms with Crippen LogP contribution in [0.3, 0.4) is 0 Å². The molecule has 0 bridgehead atoms. The molecule has 3 heterocycles. The number of H-pyrrole nitrogens is 1. The lowest BCUT2D eigenvalue weighted by Crippen LogP contribution is -2.24. The van der Waals surface area contributed by atoms with Crippen LogP contribution >= 0.6 is 11.3 Å². The Morgan fingerprint density at radius 3 is 2.91 bits per heavy atom. The summed E-state index contributed by atoms with van der Waals surface area (Å²) in [5.74, 6) is 0. The highest BCUT2D eigenvalue weighted by Gasteiger charge is 2.29. The topological polar surface area (TPSA) is 49.7 Å². The number of thiophene rings is 1. The molecular formula is C16H19N5S. The summed E-state index contributed by atoms with van der Waals surface area (Å²) in [5.41, 5.74) is 2.39. The molecule has 0 radical (unpaired) electrons. The molecule has 1 aliphatic carbocycles. The Bertz CT molecular complexity index is 738. The van der Waals surface area contributed by atoms with E-state index in [1.807, 2.05) is 35.3 Å².